The lowest BCUT2D eigenvalue weighted by molar-refractivity contribution is -0.391. The molecule has 1 aromatic carbocycles. The molecule has 1 heterocycles. The van der Waals surface area contributed by atoms with Crippen LogP contribution in [0.2, 0.25) is 5.02 Å². The number of hydrogen-bond donors (Lipinski definition) is 1. The standard InChI is InChI=1S/C10H6ClF4NO3/c11-5-2-8-7(1-4(5)6(17)3-16)18-9(12,13)10(14,15)19-8/h1-2H,3,16H2. The molecule has 9 heteroatoms. The van der Waals surface area contributed by atoms with Gasteiger partial charge >= 0.3 is 12.2 Å². The fourth-order valence-electron chi connectivity index (χ4n) is 1.41. The van der Waals surface area contributed by atoms with Crippen LogP contribution in [0.3, 0.4) is 0 Å². The third-order valence-electron chi connectivity index (χ3n) is 2.33. The zero-order valence-corrected chi connectivity index (χ0v) is 9.81. The highest BCUT2D eigenvalue weighted by atomic mass is 35.5. The molecule has 0 aliphatic carbocycles. The molecule has 4 nitrogen and oxygen atoms in total. The van der Waals surface area contributed by atoms with Crippen LogP contribution < -0.4 is 15.2 Å². The van der Waals surface area contributed by atoms with Gasteiger partial charge in [0, 0.05) is 11.6 Å². The molecule has 2 N–H and O–H groups in total. The quantitative estimate of drug-likeness (QED) is 0.673. The van der Waals surface area contributed by atoms with Gasteiger partial charge in [0.25, 0.3) is 0 Å². The number of nitrogens with two attached hydrogens (primary N) is 1. The van der Waals surface area contributed by atoms with E-state index in [2.05, 4.69) is 9.47 Å². The van der Waals surface area contributed by atoms with Crippen molar-refractivity contribution in [3.05, 3.63) is 22.7 Å². The van der Waals surface area contributed by atoms with Gasteiger partial charge < -0.3 is 15.2 Å². The van der Waals surface area contributed by atoms with E-state index in [1.165, 1.54) is 0 Å². The predicted octanol–water partition coefficient (Wildman–Crippen LogP) is 2.44. The van der Waals surface area contributed by atoms with Crippen LogP contribution in [-0.4, -0.2) is 24.5 Å². The van der Waals surface area contributed by atoms with Crippen LogP contribution in [-0.2, 0) is 0 Å². The molecule has 19 heavy (non-hydrogen) atoms. The van der Waals surface area contributed by atoms with E-state index in [1.807, 2.05) is 0 Å². The predicted molar refractivity (Wildman–Crippen MR) is 56.0 cm³/mol. The fourth-order valence-corrected chi connectivity index (χ4v) is 1.67. The van der Waals surface area contributed by atoms with Gasteiger partial charge in [0.15, 0.2) is 17.3 Å². The van der Waals surface area contributed by atoms with Gasteiger partial charge in [-0.05, 0) is 6.07 Å². The summed E-state index contributed by atoms with van der Waals surface area (Å²) in [6.07, 6.45) is -9.68. The molecule has 0 radical (unpaired) electrons. The zero-order chi connectivity index (χ0) is 14.4. The lowest BCUT2D eigenvalue weighted by atomic mass is 10.1. The summed E-state index contributed by atoms with van der Waals surface area (Å²) in [5.41, 5.74) is 4.88. The fraction of sp³-hybridized carbons (Fsp3) is 0.300. The number of carbonyl (C=O) groups excluding carboxylic acids is 1. The molecule has 1 aliphatic heterocycles. The van der Waals surface area contributed by atoms with Crippen LogP contribution in [0, 0.1) is 0 Å². The van der Waals surface area contributed by atoms with Crippen LogP contribution in [0.15, 0.2) is 12.1 Å². The van der Waals surface area contributed by atoms with E-state index in [9.17, 15) is 22.4 Å². The molecular weight excluding hydrogens is 294 g/mol. The maximum absolute atomic E-state index is 12.9. The second kappa shape index (κ2) is 4.24. The highest BCUT2D eigenvalue weighted by Crippen LogP contribution is 2.48. The summed E-state index contributed by atoms with van der Waals surface area (Å²) in [4.78, 5) is 11.4. The summed E-state index contributed by atoms with van der Waals surface area (Å²) in [6, 6.07) is 1.58. The van der Waals surface area contributed by atoms with E-state index in [0.717, 1.165) is 12.1 Å². The molecule has 0 aromatic heterocycles. The normalized spacial score (nSPS) is 19.1. The minimum absolute atomic E-state index is 0.215. The van der Waals surface area contributed by atoms with Gasteiger partial charge in [-0.15, -0.1) is 0 Å². The van der Waals surface area contributed by atoms with Crippen LogP contribution in [0.25, 0.3) is 0 Å². The summed E-state index contributed by atoms with van der Waals surface area (Å²) in [5.74, 6) is -2.05. The van der Waals surface area contributed by atoms with Gasteiger partial charge in [0.2, 0.25) is 0 Å². The number of ether oxygens (including phenoxy) is 2. The van der Waals surface area contributed by atoms with E-state index < -0.39 is 36.0 Å². The van der Waals surface area contributed by atoms with E-state index in [4.69, 9.17) is 17.3 Å². The third kappa shape index (κ3) is 2.21. The maximum atomic E-state index is 12.9. The molecule has 2 rings (SSSR count). The Morgan fingerprint density at radius 1 is 1.16 bits per heavy atom. The largest absolute Gasteiger partial charge is 0.507 e. The maximum Gasteiger partial charge on any atom is 0.507 e. The summed E-state index contributed by atoms with van der Waals surface area (Å²) in [6.45, 7) is -0.425. The van der Waals surface area contributed by atoms with Crippen molar-refractivity contribution in [2.75, 3.05) is 6.54 Å². The Kier molecular flexibility index (Phi) is 3.10. The van der Waals surface area contributed by atoms with Crippen molar-refractivity contribution in [3.63, 3.8) is 0 Å². The Morgan fingerprint density at radius 3 is 2.11 bits per heavy atom. The topological polar surface area (TPSA) is 61.6 Å². The smallest absolute Gasteiger partial charge is 0.421 e. The molecular formula is C10H6ClF4NO3. The van der Waals surface area contributed by atoms with Crippen LogP contribution in [0.1, 0.15) is 10.4 Å². The number of ketones is 1. The van der Waals surface area contributed by atoms with Crippen molar-refractivity contribution < 1.29 is 31.8 Å². The second-order valence-electron chi connectivity index (χ2n) is 3.64. The molecule has 1 aliphatic rings. The molecule has 0 amide bonds. The van der Waals surface area contributed by atoms with E-state index in [1.54, 1.807) is 0 Å². The molecule has 0 fully saturated rings. The summed E-state index contributed by atoms with van der Waals surface area (Å²) in [5, 5.41) is -0.251. The third-order valence-corrected chi connectivity index (χ3v) is 2.65. The molecule has 1 aromatic rings. The molecule has 0 saturated carbocycles. The Hall–Kier alpha value is -1.54. The van der Waals surface area contributed by atoms with Gasteiger partial charge in [-0.1, -0.05) is 11.6 Å². The Balaban J connectivity index is 2.51. The minimum Gasteiger partial charge on any atom is -0.421 e. The number of rotatable bonds is 2. The van der Waals surface area contributed by atoms with Crippen LogP contribution in [0.5, 0.6) is 11.5 Å². The highest BCUT2D eigenvalue weighted by molar-refractivity contribution is 6.34. The number of halogens is 5. The van der Waals surface area contributed by atoms with Gasteiger partial charge in [0.05, 0.1) is 11.6 Å². The first-order valence-electron chi connectivity index (χ1n) is 4.88. The summed E-state index contributed by atoms with van der Waals surface area (Å²) < 4.78 is 59.4. The number of fused-ring (bicyclic) bond motifs is 1. The van der Waals surface area contributed by atoms with E-state index >= 15 is 0 Å². The van der Waals surface area contributed by atoms with Gasteiger partial charge in [0.1, 0.15) is 0 Å². The van der Waals surface area contributed by atoms with Crippen LogP contribution >= 0.6 is 11.6 Å². The highest BCUT2D eigenvalue weighted by Gasteiger charge is 2.66. The monoisotopic (exact) mass is 299 g/mol. The SMILES string of the molecule is NCC(=O)c1cc2c(cc1Cl)OC(F)(F)C(F)(F)O2. The Bertz CT molecular complexity index is 550. The number of Topliss-reactive ketones (excluding diaryl/α,β-unsaturated/α-hetero) is 1. The zero-order valence-electron chi connectivity index (χ0n) is 9.05. The lowest BCUT2D eigenvalue weighted by Gasteiger charge is -2.32. The number of hydrogen-bond acceptors (Lipinski definition) is 4. The van der Waals surface area contributed by atoms with E-state index in [-0.39, 0.29) is 10.6 Å². The molecule has 0 bridgehead atoms. The average molecular weight is 300 g/mol. The molecule has 0 atom stereocenters. The van der Waals surface area contributed by atoms with Crippen LogP contribution in [0.4, 0.5) is 17.6 Å². The minimum atomic E-state index is -4.85. The second-order valence-corrected chi connectivity index (χ2v) is 4.05. The Morgan fingerprint density at radius 2 is 1.63 bits per heavy atom. The van der Waals surface area contributed by atoms with Gasteiger partial charge in [-0.25, -0.2) is 0 Å². The molecule has 0 spiro atoms. The van der Waals surface area contributed by atoms with E-state index in [0.29, 0.717) is 0 Å². The number of benzene rings is 1. The summed E-state index contributed by atoms with van der Waals surface area (Å²) >= 11 is 5.65. The van der Waals surface area contributed by atoms with Crippen molar-refractivity contribution in [2.45, 2.75) is 12.2 Å². The first-order chi connectivity index (χ1) is 8.68. The van der Waals surface area contributed by atoms with Gasteiger partial charge in [-0.2, -0.15) is 17.6 Å². The first-order valence-corrected chi connectivity index (χ1v) is 5.26. The van der Waals surface area contributed by atoms with Crippen molar-refractivity contribution in [2.24, 2.45) is 5.73 Å². The number of alkyl halides is 4. The van der Waals surface area contributed by atoms with Crippen molar-refractivity contribution in [3.8, 4) is 11.5 Å². The number of carbonyl (C=O) groups is 1. The van der Waals surface area contributed by atoms with Crippen molar-refractivity contribution >= 4 is 17.4 Å². The average Bonchev–Trinajstić information content (AvgIpc) is 2.29. The molecule has 0 saturated heterocycles. The Labute approximate surface area is 109 Å². The molecule has 0 unspecified atom stereocenters. The summed E-state index contributed by atoms with van der Waals surface area (Å²) in [7, 11) is 0. The first kappa shape index (κ1) is 13.9. The van der Waals surface area contributed by atoms with Crippen molar-refractivity contribution in [1.29, 1.82) is 0 Å². The van der Waals surface area contributed by atoms with Gasteiger partial charge in [-0.3, -0.25) is 4.79 Å². The lowest BCUT2D eigenvalue weighted by Crippen LogP contribution is -2.52. The molecule has 104 valence electrons. The van der Waals surface area contributed by atoms with Crippen molar-refractivity contribution in [1.82, 2.24) is 0 Å².